The Bertz CT molecular complexity index is 119. The van der Waals surface area contributed by atoms with Gasteiger partial charge in [0.25, 0.3) is 0 Å². The van der Waals surface area contributed by atoms with Gasteiger partial charge < -0.3 is 10.6 Å². The highest BCUT2D eigenvalue weighted by molar-refractivity contribution is 8.00. The van der Waals surface area contributed by atoms with Gasteiger partial charge in [0.1, 0.15) is 0 Å². The Labute approximate surface area is 72.5 Å². The van der Waals surface area contributed by atoms with Crippen molar-refractivity contribution in [3.05, 3.63) is 0 Å². The maximum atomic E-state index is 3.60. The van der Waals surface area contributed by atoms with Crippen molar-refractivity contribution in [1.82, 2.24) is 10.6 Å². The van der Waals surface area contributed by atoms with Crippen LogP contribution in [0, 0.1) is 5.92 Å². The maximum Gasteiger partial charge on any atom is 0.0248 e. The van der Waals surface area contributed by atoms with Gasteiger partial charge in [-0.2, -0.15) is 11.8 Å². The quantitative estimate of drug-likeness (QED) is 0.640. The Morgan fingerprint density at radius 2 is 2.36 bits per heavy atom. The Balaban J connectivity index is 1.57. The molecule has 0 aromatic heterocycles. The Morgan fingerprint density at radius 1 is 1.45 bits per heavy atom. The summed E-state index contributed by atoms with van der Waals surface area (Å²) in [6.45, 7) is 3.69. The normalized spacial score (nSPS) is 32.2. The van der Waals surface area contributed by atoms with Gasteiger partial charge in [-0.15, -0.1) is 0 Å². The van der Waals surface area contributed by atoms with Crippen molar-refractivity contribution >= 4 is 11.8 Å². The van der Waals surface area contributed by atoms with Crippen LogP contribution < -0.4 is 10.6 Å². The minimum atomic E-state index is 0.834. The standard InChI is InChI=1S/C8H16N2S/c1-2-9-3-7(1)4-10-8-5-11-6-8/h7-10H,1-6H2. The molecular formula is C8H16N2S. The van der Waals surface area contributed by atoms with E-state index in [1.165, 1.54) is 37.6 Å². The number of hydrogen-bond acceptors (Lipinski definition) is 3. The predicted octanol–water partition coefficient (Wildman–Crippen LogP) is 0.301. The second-order valence-electron chi connectivity index (χ2n) is 3.50. The summed E-state index contributed by atoms with van der Waals surface area (Å²) in [5.74, 6) is 3.57. The summed E-state index contributed by atoms with van der Waals surface area (Å²) in [4.78, 5) is 0. The van der Waals surface area contributed by atoms with E-state index < -0.39 is 0 Å². The minimum Gasteiger partial charge on any atom is -0.316 e. The summed E-state index contributed by atoms with van der Waals surface area (Å²) in [6.07, 6.45) is 1.37. The summed E-state index contributed by atoms with van der Waals surface area (Å²) >= 11 is 2.05. The van der Waals surface area contributed by atoms with Crippen LogP contribution >= 0.6 is 11.8 Å². The third-order valence-electron chi connectivity index (χ3n) is 2.50. The Morgan fingerprint density at radius 3 is 2.91 bits per heavy atom. The van der Waals surface area contributed by atoms with Gasteiger partial charge in [-0.05, 0) is 32.0 Å². The second kappa shape index (κ2) is 3.78. The van der Waals surface area contributed by atoms with Gasteiger partial charge in [0.15, 0.2) is 0 Å². The Hall–Kier alpha value is 0.270. The van der Waals surface area contributed by atoms with Crippen LogP contribution in [-0.2, 0) is 0 Å². The van der Waals surface area contributed by atoms with Gasteiger partial charge in [0.2, 0.25) is 0 Å². The summed E-state index contributed by atoms with van der Waals surface area (Å²) in [5, 5.41) is 6.99. The van der Waals surface area contributed by atoms with Crippen molar-refractivity contribution in [3.63, 3.8) is 0 Å². The topological polar surface area (TPSA) is 24.1 Å². The van der Waals surface area contributed by atoms with E-state index in [0.29, 0.717) is 0 Å². The van der Waals surface area contributed by atoms with Crippen molar-refractivity contribution in [2.45, 2.75) is 12.5 Å². The highest BCUT2D eigenvalue weighted by Gasteiger charge is 2.20. The highest BCUT2D eigenvalue weighted by atomic mass is 32.2. The molecule has 1 atom stereocenters. The first kappa shape index (κ1) is 7.90. The second-order valence-corrected chi connectivity index (χ2v) is 4.58. The predicted molar refractivity (Wildman–Crippen MR) is 50.1 cm³/mol. The fourth-order valence-electron chi connectivity index (χ4n) is 1.58. The van der Waals surface area contributed by atoms with Crippen LogP contribution in [0.3, 0.4) is 0 Å². The lowest BCUT2D eigenvalue weighted by molar-refractivity contribution is 0.475. The molecule has 2 rings (SSSR count). The van der Waals surface area contributed by atoms with Crippen molar-refractivity contribution in [1.29, 1.82) is 0 Å². The van der Waals surface area contributed by atoms with E-state index in [-0.39, 0.29) is 0 Å². The number of rotatable bonds is 3. The molecule has 1 unspecified atom stereocenters. The molecule has 2 heterocycles. The summed E-state index contributed by atoms with van der Waals surface area (Å²) in [6, 6.07) is 0.834. The van der Waals surface area contributed by atoms with Gasteiger partial charge in [-0.3, -0.25) is 0 Å². The van der Waals surface area contributed by atoms with Crippen molar-refractivity contribution in [2.24, 2.45) is 5.92 Å². The summed E-state index contributed by atoms with van der Waals surface area (Å²) < 4.78 is 0. The first-order chi connectivity index (χ1) is 5.45. The molecule has 0 aromatic carbocycles. The molecule has 2 aliphatic rings. The number of nitrogens with one attached hydrogen (secondary N) is 2. The van der Waals surface area contributed by atoms with Crippen LogP contribution in [0.4, 0.5) is 0 Å². The van der Waals surface area contributed by atoms with Gasteiger partial charge >= 0.3 is 0 Å². The molecule has 2 fully saturated rings. The largest absolute Gasteiger partial charge is 0.316 e. The molecule has 2 saturated heterocycles. The van der Waals surface area contributed by atoms with Crippen LogP contribution in [0.5, 0.6) is 0 Å². The summed E-state index contributed by atoms with van der Waals surface area (Å²) in [5.41, 5.74) is 0. The molecule has 0 amide bonds. The van der Waals surface area contributed by atoms with E-state index in [1.54, 1.807) is 0 Å². The van der Waals surface area contributed by atoms with E-state index in [0.717, 1.165) is 12.0 Å². The van der Waals surface area contributed by atoms with Crippen molar-refractivity contribution in [2.75, 3.05) is 31.1 Å². The molecule has 0 radical (unpaired) electrons. The Kier molecular flexibility index (Phi) is 2.72. The number of thioether (sulfide) groups is 1. The molecule has 0 bridgehead atoms. The fourth-order valence-corrected chi connectivity index (χ4v) is 2.28. The average Bonchev–Trinajstić information content (AvgIpc) is 2.36. The molecule has 2 aliphatic heterocycles. The van der Waals surface area contributed by atoms with Gasteiger partial charge in [0, 0.05) is 17.5 Å². The first-order valence-corrected chi connectivity index (χ1v) is 5.62. The van der Waals surface area contributed by atoms with Crippen molar-refractivity contribution in [3.8, 4) is 0 Å². The first-order valence-electron chi connectivity index (χ1n) is 4.47. The molecule has 11 heavy (non-hydrogen) atoms. The van der Waals surface area contributed by atoms with E-state index in [4.69, 9.17) is 0 Å². The third-order valence-corrected chi connectivity index (χ3v) is 3.77. The molecule has 0 saturated carbocycles. The van der Waals surface area contributed by atoms with E-state index in [9.17, 15) is 0 Å². The fraction of sp³-hybridized carbons (Fsp3) is 1.00. The van der Waals surface area contributed by atoms with Crippen LogP contribution in [0.1, 0.15) is 6.42 Å². The monoisotopic (exact) mass is 172 g/mol. The third kappa shape index (κ3) is 2.10. The lowest BCUT2D eigenvalue weighted by atomic mass is 10.1. The molecular weight excluding hydrogens is 156 g/mol. The highest BCUT2D eigenvalue weighted by Crippen LogP contribution is 2.17. The molecule has 0 aliphatic carbocycles. The zero-order valence-corrected chi connectivity index (χ0v) is 7.62. The zero-order chi connectivity index (χ0) is 7.52. The molecule has 0 aromatic rings. The lowest BCUT2D eigenvalue weighted by Gasteiger charge is -2.27. The van der Waals surface area contributed by atoms with E-state index in [1.807, 2.05) is 11.8 Å². The smallest absolute Gasteiger partial charge is 0.0248 e. The van der Waals surface area contributed by atoms with Crippen LogP contribution in [0.25, 0.3) is 0 Å². The summed E-state index contributed by atoms with van der Waals surface area (Å²) in [7, 11) is 0. The minimum absolute atomic E-state index is 0.834. The lowest BCUT2D eigenvalue weighted by Crippen LogP contribution is -2.42. The molecule has 3 heteroatoms. The van der Waals surface area contributed by atoms with Crippen LogP contribution in [-0.4, -0.2) is 37.2 Å². The van der Waals surface area contributed by atoms with E-state index >= 15 is 0 Å². The zero-order valence-electron chi connectivity index (χ0n) is 6.81. The van der Waals surface area contributed by atoms with Crippen LogP contribution in [0.15, 0.2) is 0 Å². The van der Waals surface area contributed by atoms with Gasteiger partial charge in [0.05, 0.1) is 0 Å². The van der Waals surface area contributed by atoms with Gasteiger partial charge in [-0.25, -0.2) is 0 Å². The van der Waals surface area contributed by atoms with Crippen LogP contribution in [0.2, 0.25) is 0 Å². The van der Waals surface area contributed by atoms with Gasteiger partial charge in [-0.1, -0.05) is 0 Å². The molecule has 2 N–H and O–H groups in total. The maximum absolute atomic E-state index is 3.60. The molecule has 0 spiro atoms. The molecule has 64 valence electrons. The average molecular weight is 172 g/mol. The van der Waals surface area contributed by atoms with E-state index in [2.05, 4.69) is 10.6 Å². The SMILES string of the molecule is C1CC(CNC2CSC2)CN1. The molecule has 2 nitrogen and oxygen atoms in total. The van der Waals surface area contributed by atoms with Crippen molar-refractivity contribution < 1.29 is 0 Å². The number of hydrogen-bond donors (Lipinski definition) is 2.